The summed E-state index contributed by atoms with van der Waals surface area (Å²) in [6, 6.07) is 6.56. The van der Waals surface area contributed by atoms with Crippen LogP contribution in [0.2, 0.25) is 0 Å². The van der Waals surface area contributed by atoms with E-state index in [4.69, 9.17) is 0 Å². The topological polar surface area (TPSA) is 0 Å². The van der Waals surface area contributed by atoms with E-state index in [1.807, 2.05) is 55.4 Å². The minimum absolute atomic E-state index is 1.35. The standard InChI is InChI=1S/C9H12.4C2H6/c1-7-4-8(2)6-9(3)5-7;4*1-2/h4-6H,1-3H3;4*1-2H3. The summed E-state index contributed by atoms with van der Waals surface area (Å²) in [5, 5.41) is 0. The molecule has 1 rings (SSSR count). The van der Waals surface area contributed by atoms with Crippen LogP contribution in [0.15, 0.2) is 18.2 Å². The van der Waals surface area contributed by atoms with Crippen LogP contribution in [0.1, 0.15) is 72.1 Å². The Morgan fingerprint density at radius 2 is 0.529 bits per heavy atom. The van der Waals surface area contributed by atoms with Crippen molar-refractivity contribution in [1.82, 2.24) is 0 Å². The van der Waals surface area contributed by atoms with Crippen molar-refractivity contribution in [1.29, 1.82) is 0 Å². The summed E-state index contributed by atoms with van der Waals surface area (Å²) < 4.78 is 0. The molecule has 0 aliphatic heterocycles. The third-order valence-electron chi connectivity index (χ3n) is 1.37. The third kappa shape index (κ3) is 21.1. The summed E-state index contributed by atoms with van der Waals surface area (Å²) in [4.78, 5) is 0. The highest BCUT2D eigenvalue weighted by Crippen LogP contribution is 2.06. The van der Waals surface area contributed by atoms with E-state index in [-0.39, 0.29) is 0 Å². The van der Waals surface area contributed by atoms with E-state index in [2.05, 4.69) is 39.0 Å². The Balaban J connectivity index is -0.0000000905. The lowest BCUT2D eigenvalue weighted by molar-refractivity contribution is 1.32. The second kappa shape index (κ2) is 24.4. The highest BCUT2D eigenvalue weighted by Gasteiger charge is 1.87. The van der Waals surface area contributed by atoms with E-state index in [9.17, 15) is 0 Å². The lowest BCUT2D eigenvalue weighted by atomic mass is 10.1. The van der Waals surface area contributed by atoms with E-state index < -0.39 is 0 Å². The molecule has 0 saturated heterocycles. The molecule has 0 aliphatic carbocycles. The van der Waals surface area contributed by atoms with Crippen LogP contribution >= 0.6 is 0 Å². The van der Waals surface area contributed by atoms with Crippen LogP contribution in [0.25, 0.3) is 0 Å². The molecular weight excluding hydrogens is 204 g/mol. The van der Waals surface area contributed by atoms with Crippen LogP contribution in [0.4, 0.5) is 0 Å². The molecule has 0 radical (unpaired) electrons. The van der Waals surface area contributed by atoms with Crippen LogP contribution in [-0.2, 0) is 0 Å². The Kier molecular flexibility index (Phi) is 36.2. The Hall–Kier alpha value is -0.780. The van der Waals surface area contributed by atoms with Crippen LogP contribution in [-0.4, -0.2) is 0 Å². The van der Waals surface area contributed by atoms with E-state index in [0.29, 0.717) is 0 Å². The van der Waals surface area contributed by atoms with Gasteiger partial charge in [0.2, 0.25) is 0 Å². The van der Waals surface area contributed by atoms with Crippen molar-refractivity contribution in [3.05, 3.63) is 34.9 Å². The molecule has 0 amide bonds. The van der Waals surface area contributed by atoms with Crippen molar-refractivity contribution >= 4 is 0 Å². The van der Waals surface area contributed by atoms with Gasteiger partial charge in [0.05, 0.1) is 0 Å². The Labute approximate surface area is 111 Å². The number of hydrogen-bond acceptors (Lipinski definition) is 0. The van der Waals surface area contributed by atoms with E-state index in [1.165, 1.54) is 16.7 Å². The Morgan fingerprint density at radius 3 is 0.647 bits per heavy atom. The number of hydrogen-bond donors (Lipinski definition) is 0. The van der Waals surface area contributed by atoms with Crippen LogP contribution in [0.3, 0.4) is 0 Å². The summed E-state index contributed by atoms with van der Waals surface area (Å²) in [6.45, 7) is 22.4. The van der Waals surface area contributed by atoms with Gasteiger partial charge in [0.25, 0.3) is 0 Å². The fourth-order valence-corrected chi connectivity index (χ4v) is 1.20. The zero-order valence-electron chi connectivity index (χ0n) is 14.2. The zero-order valence-corrected chi connectivity index (χ0v) is 14.2. The largest absolute Gasteiger partial charge is 0.0683 e. The minimum Gasteiger partial charge on any atom is -0.0683 e. The van der Waals surface area contributed by atoms with Gasteiger partial charge in [-0.15, -0.1) is 0 Å². The van der Waals surface area contributed by atoms with Crippen molar-refractivity contribution in [3.8, 4) is 0 Å². The van der Waals surface area contributed by atoms with Crippen molar-refractivity contribution in [2.45, 2.75) is 76.2 Å². The second-order valence-electron chi connectivity index (χ2n) is 2.67. The zero-order chi connectivity index (χ0) is 14.9. The molecule has 0 heteroatoms. The molecule has 0 N–H and O–H groups in total. The monoisotopic (exact) mass is 240 g/mol. The van der Waals surface area contributed by atoms with E-state index in [0.717, 1.165) is 0 Å². The smallest absolute Gasteiger partial charge is 0.0398 e. The predicted molar refractivity (Wildman–Crippen MR) is 86.0 cm³/mol. The van der Waals surface area contributed by atoms with Crippen molar-refractivity contribution in [2.75, 3.05) is 0 Å². The first kappa shape index (κ1) is 25.2. The first-order valence-electron chi connectivity index (χ1n) is 7.23. The first-order valence-corrected chi connectivity index (χ1v) is 7.23. The lowest BCUT2D eigenvalue weighted by Gasteiger charge is -1.96. The van der Waals surface area contributed by atoms with Gasteiger partial charge in [-0.2, -0.15) is 0 Å². The molecule has 1 aromatic carbocycles. The van der Waals surface area contributed by atoms with Crippen molar-refractivity contribution < 1.29 is 0 Å². The maximum Gasteiger partial charge on any atom is -0.0398 e. The van der Waals surface area contributed by atoms with E-state index >= 15 is 0 Å². The van der Waals surface area contributed by atoms with Crippen molar-refractivity contribution in [2.24, 2.45) is 0 Å². The van der Waals surface area contributed by atoms with Gasteiger partial charge >= 0.3 is 0 Å². The highest BCUT2D eigenvalue weighted by molar-refractivity contribution is 5.27. The Bertz CT molecular complexity index is 161. The quantitative estimate of drug-likeness (QED) is 0.472. The molecule has 0 spiro atoms. The predicted octanol–water partition coefficient (Wildman–Crippen LogP) is 6.72. The number of aryl methyl sites for hydroxylation is 3. The van der Waals surface area contributed by atoms with Gasteiger partial charge < -0.3 is 0 Å². The fourth-order valence-electron chi connectivity index (χ4n) is 1.20. The Morgan fingerprint density at radius 1 is 0.412 bits per heavy atom. The summed E-state index contributed by atoms with van der Waals surface area (Å²) in [6.07, 6.45) is 0. The molecule has 0 aliphatic rings. The van der Waals surface area contributed by atoms with Crippen LogP contribution in [0.5, 0.6) is 0 Å². The van der Waals surface area contributed by atoms with Gasteiger partial charge in [0, 0.05) is 0 Å². The molecule has 0 atom stereocenters. The molecular formula is C17H36. The average Bonchev–Trinajstić information content (AvgIpc) is 2.37. The molecule has 104 valence electrons. The second-order valence-corrected chi connectivity index (χ2v) is 2.67. The van der Waals surface area contributed by atoms with Gasteiger partial charge in [0.1, 0.15) is 0 Å². The van der Waals surface area contributed by atoms with Gasteiger partial charge in [-0.3, -0.25) is 0 Å². The van der Waals surface area contributed by atoms with Gasteiger partial charge in [0.15, 0.2) is 0 Å². The third-order valence-corrected chi connectivity index (χ3v) is 1.37. The maximum absolute atomic E-state index is 2.19. The van der Waals surface area contributed by atoms with Gasteiger partial charge in [-0.1, -0.05) is 90.3 Å². The van der Waals surface area contributed by atoms with Gasteiger partial charge in [-0.05, 0) is 20.8 Å². The number of rotatable bonds is 0. The summed E-state index contributed by atoms with van der Waals surface area (Å²) in [5.74, 6) is 0. The molecule has 1 aromatic rings. The van der Waals surface area contributed by atoms with Gasteiger partial charge in [-0.25, -0.2) is 0 Å². The van der Waals surface area contributed by atoms with Crippen LogP contribution in [0, 0.1) is 20.8 Å². The van der Waals surface area contributed by atoms with E-state index in [1.54, 1.807) is 0 Å². The first-order chi connectivity index (χ1) is 8.18. The molecule has 0 unspecified atom stereocenters. The van der Waals surface area contributed by atoms with Crippen LogP contribution < -0.4 is 0 Å². The molecule has 0 heterocycles. The SMILES string of the molecule is CC.CC.CC.CC.Cc1cc(C)cc(C)c1. The molecule has 0 bridgehead atoms. The minimum atomic E-state index is 1.35. The molecule has 0 fully saturated rings. The molecule has 0 saturated carbocycles. The van der Waals surface area contributed by atoms with Crippen molar-refractivity contribution in [3.63, 3.8) is 0 Å². The summed E-state index contributed by atoms with van der Waals surface area (Å²) >= 11 is 0. The molecule has 0 aromatic heterocycles. The highest BCUT2D eigenvalue weighted by atomic mass is 13.9. The summed E-state index contributed by atoms with van der Waals surface area (Å²) in [7, 11) is 0. The normalized spacial score (nSPS) is 6.53. The fraction of sp³-hybridized carbons (Fsp3) is 0.647. The summed E-state index contributed by atoms with van der Waals surface area (Å²) in [5.41, 5.74) is 4.06. The average molecular weight is 240 g/mol. The molecule has 0 nitrogen and oxygen atoms in total. The molecule has 17 heavy (non-hydrogen) atoms. The number of benzene rings is 1. The lowest BCUT2D eigenvalue weighted by Crippen LogP contribution is -1.78. The maximum atomic E-state index is 2.19.